The first-order valence-electron chi connectivity index (χ1n) is 5.60. The number of halogens is 3. The molecule has 1 aromatic carbocycles. The molecule has 0 aliphatic rings. The van der Waals surface area contributed by atoms with Crippen molar-refractivity contribution in [3.8, 4) is 5.75 Å². The molecule has 0 radical (unpaired) electrons. The number of hydrogen-bond donors (Lipinski definition) is 2. The number of nitrogens with one attached hydrogen (secondary N) is 1. The van der Waals surface area contributed by atoms with Crippen LogP contribution in [0.25, 0.3) is 0 Å². The van der Waals surface area contributed by atoms with Crippen LogP contribution >= 0.6 is 0 Å². The molecule has 0 saturated carbocycles. The number of ether oxygens (including phenoxy) is 1. The van der Waals surface area contributed by atoms with Gasteiger partial charge in [-0.2, -0.15) is 13.2 Å². The number of hydrogen-bond acceptors (Lipinski definition) is 3. The van der Waals surface area contributed by atoms with Crippen LogP contribution in [0.15, 0.2) is 24.3 Å². The summed E-state index contributed by atoms with van der Waals surface area (Å²) in [5.74, 6) is -0.169. The summed E-state index contributed by atoms with van der Waals surface area (Å²) in [4.78, 5) is 11.2. The second-order valence-corrected chi connectivity index (χ2v) is 4.05. The Bertz CT molecular complexity index is 416. The molecule has 0 aliphatic carbocycles. The third-order valence-electron chi connectivity index (χ3n) is 2.21. The predicted molar refractivity (Wildman–Crippen MR) is 63.5 cm³/mol. The zero-order chi connectivity index (χ0) is 14.5. The molecule has 0 saturated heterocycles. The fraction of sp³-hybridized carbons (Fsp3) is 0.417. The maximum atomic E-state index is 11.9. The summed E-state index contributed by atoms with van der Waals surface area (Å²) in [6.45, 7) is 0.497. The zero-order valence-electron chi connectivity index (χ0n) is 10.3. The normalized spacial score (nSPS) is 12.9. The van der Waals surface area contributed by atoms with Crippen LogP contribution in [0.2, 0.25) is 0 Å². The standard InChI is InChI=1S/C12H15F3N2O2/c1-8(16)11(18)17-6-9-2-4-10(5-3-9)19-7-12(13,14)15/h2-5,8H,6-7,16H2,1H3,(H,17,18)/t8-/m0/s1. The van der Waals surface area contributed by atoms with E-state index in [1.807, 2.05) is 0 Å². The van der Waals surface area contributed by atoms with E-state index in [-0.39, 0.29) is 18.2 Å². The van der Waals surface area contributed by atoms with Gasteiger partial charge in [-0.05, 0) is 24.6 Å². The van der Waals surface area contributed by atoms with Crippen molar-refractivity contribution in [2.75, 3.05) is 6.61 Å². The van der Waals surface area contributed by atoms with Crippen molar-refractivity contribution < 1.29 is 22.7 Å². The third-order valence-corrected chi connectivity index (χ3v) is 2.21. The summed E-state index contributed by atoms with van der Waals surface area (Å²) in [5.41, 5.74) is 6.11. The Hall–Kier alpha value is -1.76. The molecule has 1 amide bonds. The SMILES string of the molecule is C[C@H](N)C(=O)NCc1ccc(OCC(F)(F)F)cc1. The molecular formula is C12H15F3N2O2. The molecule has 3 N–H and O–H groups in total. The number of carbonyl (C=O) groups is 1. The number of carbonyl (C=O) groups excluding carboxylic acids is 1. The minimum atomic E-state index is -4.36. The highest BCUT2D eigenvalue weighted by Gasteiger charge is 2.28. The molecule has 1 atom stereocenters. The van der Waals surface area contributed by atoms with Gasteiger partial charge in [-0.1, -0.05) is 12.1 Å². The molecule has 4 nitrogen and oxygen atoms in total. The topological polar surface area (TPSA) is 64.4 Å². The molecule has 1 rings (SSSR count). The van der Waals surface area contributed by atoms with Crippen molar-refractivity contribution in [2.24, 2.45) is 5.73 Å². The molecular weight excluding hydrogens is 261 g/mol. The molecule has 7 heteroatoms. The fourth-order valence-corrected chi connectivity index (χ4v) is 1.22. The molecule has 106 valence electrons. The fourth-order valence-electron chi connectivity index (χ4n) is 1.22. The van der Waals surface area contributed by atoms with Gasteiger partial charge < -0.3 is 15.8 Å². The van der Waals surface area contributed by atoms with Gasteiger partial charge in [0.25, 0.3) is 0 Å². The van der Waals surface area contributed by atoms with Crippen LogP contribution in [-0.2, 0) is 11.3 Å². The predicted octanol–water partition coefficient (Wildman–Crippen LogP) is 1.59. The largest absolute Gasteiger partial charge is 0.484 e. The molecule has 0 spiro atoms. The first-order chi connectivity index (χ1) is 8.78. The number of amides is 1. The van der Waals surface area contributed by atoms with E-state index in [9.17, 15) is 18.0 Å². The molecule has 0 aromatic heterocycles. The van der Waals surface area contributed by atoms with Gasteiger partial charge in [0.05, 0.1) is 6.04 Å². The summed E-state index contributed by atoms with van der Waals surface area (Å²) in [7, 11) is 0. The van der Waals surface area contributed by atoms with Gasteiger partial charge in [-0.3, -0.25) is 4.79 Å². The Morgan fingerprint density at radius 1 is 1.37 bits per heavy atom. The molecule has 0 aliphatic heterocycles. The van der Waals surface area contributed by atoms with E-state index < -0.39 is 18.8 Å². The first-order valence-corrected chi connectivity index (χ1v) is 5.60. The average Bonchev–Trinajstić information content (AvgIpc) is 2.33. The highest BCUT2D eigenvalue weighted by Crippen LogP contribution is 2.18. The van der Waals surface area contributed by atoms with Crippen LogP contribution in [0, 0.1) is 0 Å². The van der Waals surface area contributed by atoms with E-state index in [1.54, 1.807) is 19.1 Å². The lowest BCUT2D eigenvalue weighted by atomic mass is 10.2. The number of nitrogens with two attached hydrogens (primary N) is 1. The summed E-state index contributed by atoms with van der Waals surface area (Å²) >= 11 is 0. The lowest BCUT2D eigenvalue weighted by molar-refractivity contribution is -0.153. The van der Waals surface area contributed by atoms with E-state index in [2.05, 4.69) is 10.1 Å². The van der Waals surface area contributed by atoms with Gasteiger partial charge in [-0.25, -0.2) is 0 Å². The first kappa shape index (κ1) is 15.3. The van der Waals surface area contributed by atoms with E-state index in [0.29, 0.717) is 0 Å². The summed E-state index contributed by atoms with van der Waals surface area (Å²) < 4.78 is 40.3. The second-order valence-electron chi connectivity index (χ2n) is 4.05. The van der Waals surface area contributed by atoms with Crippen LogP contribution < -0.4 is 15.8 Å². The smallest absolute Gasteiger partial charge is 0.422 e. The molecule has 0 heterocycles. The average molecular weight is 276 g/mol. The molecule has 0 bridgehead atoms. The van der Waals surface area contributed by atoms with E-state index in [0.717, 1.165) is 5.56 Å². The van der Waals surface area contributed by atoms with Gasteiger partial charge in [0.15, 0.2) is 6.61 Å². The van der Waals surface area contributed by atoms with Crippen LogP contribution in [0.4, 0.5) is 13.2 Å². The Labute approximate surface area is 108 Å². The highest BCUT2D eigenvalue weighted by molar-refractivity contribution is 5.80. The molecule has 0 fully saturated rings. The lowest BCUT2D eigenvalue weighted by Gasteiger charge is -2.10. The summed E-state index contributed by atoms with van der Waals surface area (Å²) in [6, 6.07) is 5.38. The Balaban J connectivity index is 2.46. The van der Waals surface area contributed by atoms with Crippen molar-refractivity contribution in [3.05, 3.63) is 29.8 Å². The van der Waals surface area contributed by atoms with E-state index in [4.69, 9.17) is 5.73 Å². The number of alkyl halides is 3. The van der Waals surface area contributed by atoms with Crippen LogP contribution in [0.5, 0.6) is 5.75 Å². The van der Waals surface area contributed by atoms with Crippen molar-refractivity contribution in [1.82, 2.24) is 5.32 Å². The maximum Gasteiger partial charge on any atom is 0.422 e. The third kappa shape index (κ3) is 6.10. The minimum absolute atomic E-state index is 0.125. The molecule has 1 aromatic rings. The lowest BCUT2D eigenvalue weighted by Crippen LogP contribution is -2.37. The summed E-state index contributed by atoms with van der Waals surface area (Å²) in [5, 5.41) is 2.59. The second kappa shape index (κ2) is 6.42. The van der Waals surface area contributed by atoms with Gasteiger partial charge in [0.2, 0.25) is 5.91 Å². The van der Waals surface area contributed by atoms with Crippen molar-refractivity contribution in [2.45, 2.75) is 25.7 Å². The number of rotatable bonds is 5. The van der Waals surface area contributed by atoms with Crippen LogP contribution in [0.3, 0.4) is 0 Å². The van der Waals surface area contributed by atoms with Crippen LogP contribution in [0.1, 0.15) is 12.5 Å². The van der Waals surface area contributed by atoms with Gasteiger partial charge in [0.1, 0.15) is 5.75 Å². The van der Waals surface area contributed by atoms with Crippen molar-refractivity contribution in [3.63, 3.8) is 0 Å². The van der Waals surface area contributed by atoms with Gasteiger partial charge in [-0.15, -0.1) is 0 Å². The minimum Gasteiger partial charge on any atom is -0.484 e. The Morgan fingerprint density at radius 2 is 1.95 bits per heavy atom. The van der Waals surface area contributed by atoms with Crippen molar-refractivity contribution in [1.29, 1.82) is 0 Å². The van der Waals surface area contributed by atoms with Gasteiger partial charge in [0, 0.05) is 6.54 Å². The Morgan fingerprint density at radius 3 is 2.42 bits per heavy atom. The van der Waals surface area contributed by atoms with Crippen molar-refractivity contribution >= 4 is 5.91 Å². The quantitative estimate of drug-likeness (QED) is 0.858. The maximum absolute atomic E-state index is 11.9. The van der Waals surface area contributed by atoms with E-state index >= 15 is 0 Å². The Kier molecular flexibility index (Phi) is 5.17. The van der Waals surface area contributed by atoms with Crippen LogP contribution in [-0.4, -0.2) is 24.7 Å². The van der Waals surface area contributed by atoms with Gasteiger partial charge >= 0.3 is 6.18 Å². The summed E-state index contributed by atoms with van der Waals surface area (Å²) in [6.07, 6.45) is -4.36. The number of benzene rings is 1. The zero-order valence-corrected chi connectivity index (χ0v) is 10.3. The highest BCUT2D eigenvalue weighted by atomic mass is 19.4. The van der Waals surface area contributed by atoms with E-state index in [1.165, 1.54) is 12.1 Å². The molecule has 19 heavy (non-hydrogen) atoms. The monoisotopic (exact) mass is 276 g/mol. The molecule has 0 unspecified atom stereocenters.